The summed E-state index contributed by atoms with van der Waals surface area (Å²) < 4.78 is 23.9. The first-order valence-electron chi connectivity index (χ1n) is 8.56. The first-order chi connectivity index (χ1) is 12.7. The lowest BCUT2D eigenvalue weighted by atomic mass is 9.89. The first-order valence-corrected chi connectivity index (χ1v) is 10.5. The van der Waals surface area contributed by atoms with E-state index in [1.54, 1.807) is 19.1 Å². The molecule has 1 aliphatic heterocycles. The maximum absolute atomic E-state index is 12.9. The van der Waals surface area contributed by atoms with Crippen molar-refractivity contribution < 1.29 is 23.1 Å². The van der Waals surface area contributed by atoms with Gasteiger partial charge >= 0.3 is 5.97 Å². The molecule has 1 saturated heterocycles. The van der Waals surface area contributed by atoms with Crippen molar-refractivity contribution in [3.05, 3.63) is 65.2 Å². The predicted molar refractivity (Wildman–Crippen MR) is 101 cm³/mol. The summed E-state index contributed by atoms with van der Waals surface area (Å²) in [5, 5.41) is 9.59. The highest BCUT2D eigenvalue weighted by atomic mass is 32.2. The molecule has 1 aliphatic rings. The number of amides is 1. The predicted octanol–water partition coefficient (Wildman–Crippen LogP) is 2.34. The average Bonchev–Trinajstić information content (AvgIpc) is 3.07. The van der Waals surface area contributed by atoms with E-state index in [-0.39, 0.29) is 35.4 Å². The Labute approximate surface area is 158 Å². The lowest BCUT2D eigenvalue weighted by Gasteiger charge is -2.17. The first kappa shape index (κ1) is 19.1. The van der Waals surface area contributed by atoms with Gasteiger partial charge in [0.05, 0.1) is 10.8 Å². The second-order valence-corrected chi connectivity index (χ2v) is 8.91. The fraction of sp³-hybridized carbons (Fsp3) is 0.300. The van der Waals surface area contributed by atoms with Crippen LogP contribution in [0.3, 0.4) is 0 Å². The monoisotopic (exact) mass is 387 g/mol. The number of sulfone groups is 1. The highest BCUT2D eigenvalue weighted by Crippen LogP contribution is 2.34. The molecule has 0 radical (unpaired) electrons. The zero-order chi connectivity index (χ0) is 19.8. The molecule has 3 rings (SSSR count). The summed E-state index contributed by atoms with van der Waals surface area (Å²) in [5.74, 6) is -2.30. The standard InChI is InChI=1S/C20H21NO5S/c1-13-8-9-15(10-18(13)27(2,25)26)19(22)21-11-16(17(12-21)20(23)24)14-6-4-3-5-7-14/h3-10,16-17H,11-12H2,1-2H3,(H,23,24). The minimum Gasteiger partial charge on any atom is -0.481 e. The van der Waals surface area contributed by atoms with Crippen molar-refractivity contribution >= 4 is 21.7 Å². The average molecular weight is 387 g/mol. The fourth-order valence-corrected chi connectivity index (χ4v) is 4.57. The number of likely N-dealkylation sites (tertiary alicyclic amines) is 1. The van der Waals surface area contributed by atoms with Crippen molar-refractivity contribution in [2.24, 2.45) is 5.92 Å². The van der Waals surface area contributed by atoms with E-state index < -0.39 is 21.7 Å². The molecule has 2 aromatic rings. The maximum Gasteiger partial charge on any atom is 0.308 e. The molecule has 1 fully saturated rings. The molecular weight excluding hydrogens is 366 g/mol. The number of nitrogens with zero attached hydrogens (tertiary/aromatic N) is 1. The molecular formula is C20H21NO5S. The summed E-state index contributed by atoms with van der Waals surface area (Å²) in [7, 11) is -3.46. The third kappa shape index (κ3) is 3.88. The number of rotatable bonds is 4. The molecule has 142 valence electrons. The minimum atomic E-state index is -3.46. The Bertz CT molecular complexity index is 985. The summed E-state index contributed by atoms with van der Waals surface area (Å²) in [5.41, 5.74) is 1.70. The molecule has 0 saturated carbocycles. The number of hydrogen-bond donors (Lipinski definition) is 1. The van der Waals surface area contributed by atoms with Crippen LogP contribution >= 0.6 is 0 Å². The van der Waals surface area contributed by atoms with Gasteiger partial charge in [0.1, 0.15) is 0 Å². The van der Waals surface area contributed by atoms with Gasteiger partial charge in [0.25, 0.3) is 5.91 Å². The molecule has 0 aliphatic carbocycles. The van der Waals surface area contributed by atoms with Crippen molar-refractivity contribution in [2.75, 3.05) is 19.3 Å². The minimum absolute atomic E-state index is 0.0931. The zero-order valence-corrected chi connectivity index (χ0v) is 15.9. The Morgan fingerprint density at radius 3 is 2.33 bits per heavy atom. The fourth-order valence-electron chi connectivity index (χ4n) is 3.57. The largest absolute Gasteiger partial charge is 0.481 e. The molecule has 27 heavy (non-hydrogen) atoms. The van der Waals surface area contributed by atoms with Crippen LogP contribution in [0.25, 0.3) is 0 Å². The van der Waals surface area contributed by atoms with Crippen LogP contribution in [0.2, 0.25) is 0 Å². The van der Waals surface area contributed by atoms with Crippen LogP contribution < -0.4 is 0 Å². The van der Waals surface area contributed by atoms with E-state index >= 15 is 0 Å². The normalized spacial score (nSPS) is 19.9. The van der Waals surface area contributed by atoms with Crippen molar-refractivity contribution in [3.63, 3.8) is 0 Å². The van der Waals surface area contributed by atoms with E-state index in [9.17, 15) is 23.1 Å². The van der Waals surface area contributed by atoms with Gasteiger partial charge < -0.3 is 10.0 Å². The molecule has 2 atom stereocenters. The second kappa shape index (κ2) is 7.15. The Kier molecular flexibility index (Phi) is 5.06. The summed E-state index contributed by atoms with van der Waals surface area (Å²) >= 11 is 0. The molecule has 2 unspecified atom stereocenters. The lowest BCUT2D eigenvalue weighted by Crippen LogP contribution is -2.30. The quantitative estimate of drug-likeness (QED) is 0.869. The van der Waals surface area contributed by atoms with Crippen molar-refractivity contribution in [3.8, 4) is 0 Å². The highest BCUT2D eigenvalue weighted by molar-refractivity contribution is 7.90. The molecule has 0 spiro atoms. The molecule has 2 aromatic carbocycles. The SMILES string of the molecule is Cc1ccc(C(=O)N2CC(C(=O)O)C(c3ccccc3)C2)cc1S(C)(=O)=O. The number of carbonyl (C=O) groups excluding carboxylic acids is 1. The summed E-state index contributed by atoms with van der Waals surface area (Å²) in [6, 6.07) is 13.8. The van der Waals surface area contributed by atoms with Crippen LogP contribution in [0, 0.1) is 12.8 Å². The molecule has 1 N–H and O–H groups in total. The molecule has 0 aromatic heterocycles. The Morgan fingerprint density at radius 1 is 1.07 bits per heavy atom. The van der Waals surface area contributed by atoms with Gasteiger partial charge in [-0.15, -0.1) is 0 Å². The number of benzene rings is 2. The third-order valence-corrected chi connectivity index (χ3v) is 6.23. The van der Waals surface area contributed by atoms with E-state index in [0.717, 1.165) is 11.8 Å². The summed E-state index contributed by atoms with van der Waals surface area (Å²) in [6.45, 7) is 2.05. The molecule has 7 heteroatoms. The number of aliphatic carboxylic acids is 1. The number of carboxylic acid groups (broad SMARTS) is 1. The van der Waals surface area contributed by atoms with Crippen molar-refractivity contribution in [1.29, 1.82) is 0 Å². The van der Waals surface area contributed by atoms with Crippen molar-refractivity contribution in [1.82, 2.24) is 4.90 Å². The van der Waals surface area contributed by atoms with E-state index in [0.29, 0.717) is 5.56 Å². The summed E-state index contributed by atoms with van der Waals surface area (Å²) in [6.07, 6.45) is 1.10. The van der Waals surface area contributed by atoms with Gasteiger partial charge in [-0.05, 0) is 30.2 Å². The van der Waals surface area contributed by atoms with Gasteiger partial charge in [-0.2, -0.15) is 0 Å². The van der Waals surface area contributed by atoms with Crippen LogP contribution in [0.5, 0.6) is 0 Å². The number of hydrogen-bond acceptors (Lipinski definition) is 4. The lowest BCUT2D eigenvalue weighted by molar-refractivity contribution is -0.141. The topological polar surface area (TPSA) is 91.8 Å². The van der Waals surface area contributed by atoms with Gasteiger partial charge in [0.2, 0.25) is 0 Å². The van der Waals surface area contributed by atoms with Gasteiger partial charge in [0, 0.05) is 30.8 Å². The second-order valence-electron chi connectivity index (χ2n) is 6.92. The van der Waals surface area contributed by atoms with Gasteiger partial charge in [-0.25, -0.2) is 8.42 Å². The molecule has 6 nitrogen and oxygen atoms in total. The van der Waals surface area contributed by atoms with E-state index in [4.69, 9.17) is 0 Å². The number of aryl methyl sites for hydroxylation is 1. The Balaban J connectivity index is 1.91. The van der Waals surface area contributed by atoms with E-state index in [1.165, 1.54) is 11.0 Å². The molecule has 1 amide bonds. The zero-order valence-electron chi connectivity index (χ0n) is 15.1. The van der Waals surface area contributed by atoms with E-state index in [1.807, 2.05) is 30.3 Å². The van der Waals surface area contributed by atoms with E-state index in [2.05, 4.69) is 0 Å². The summed E-state index contributed by atoms with van der Waals surface area (Å²) in [4.78, 5) is 26.2. The molecule has 0 bridgehead atoms. The van der Waals surface area contributed by atoms with Gasteiger partial charge in [-0.3, -0.25) is 9.59 Å². The highest BCUT2D eigenvalue weighted by Gasteiger charge is 2.40. The maximum atomic E-state index is 12.9. The smallest absolute Gasteiger partial charge is 0.308 e. The van der Waals surface area contributed by atoms with Gasteiger partial charge in [-0.1, -0.05) is 36.4 Å². The van der Waals surface area contributed by atoms with Crippen LogP contribution in [0.15, 0.2) is 53.4 Å². The van der Waals surface area contributed by atoms with Crippen LogP contribution in [-0.4, -0.2) is 49.6 Å². The number of carbonyl (C=O) groups is 2. The van der Waals surface area contributed by atoms with Crippen LogP contribution in [0.4, 0.5) is 0 Å². The van der Waals surface area contributed by atoms with Crippen LogP contribution in [0.1, 0.15) is 27.4 Å². The Hall–Kier alpha value is -2.67. The van der Waals surface area contributed by atoms with Crippen LogP contribution in [-0.2, 0) is 14.6 Å². The number of carboxylic acids is 1. The van der Waals surface area contributed by atoms with Gasteiger partial charge in [0.15, 0.2) is 9.84 Å². The third-order valence-electron chi connectivity index (χ3n) is 4.99. The Morgan fingerprint density at radius 2 is 1.74 bits per heavy atom. The molecule has 1 heterocycles. The van der Waals surface area contributed by atoms with Crippen molar-refractivity contribution in [2.45, 2.75) is 17.7 Å².